The van der Waals surface area contributed by atoms with Gasteiger partial charge in [0.25, 0.3) is 5.56 Å². The van der Waals surface area contributed by atoms with Crippen LogP contribution in [-0.2, 0) is 0 Å². The maximum atomic E-state index is 12.2. The van der Waals surface area contributed by atoms with Crippen molar-refractivity contribution in [3.8, 4) is 17.3 Å². The molecule has 2 heterocycles. The number of aromatic amines is 1. The predicted molar refractivity (Wildman–Crippen MR) is 108 cm³/mol. The molecule has 2 aromatic rings. The second kappa shape index (κ2) is 9.36. The Kier molecular flexibility index (Phi) is 6.65. The first-order valence-electron chi connectivity index (χ1n) is 9.55. The predicted octanol–water partition coefficient (Wildman–Crippen LogP) is 1.53. The van der Waals surface area contributed by atoms with E-state index in [0.29, 0.717) is 18.0 Å². The highest BCUT2D eigenvalue weighted by Crippen LogP contribution is 2.19. The minimum atomic E-state index is -0.724. The summed E-state index contributed by atoms with van der Waals surface area (Å²) in [5.41, 5.74) is -1.04. The highest BCUT2D eigenvalue weighted by Gasteiger charge is 2.14. The lowest BCUT2D eigenvalue weighted by atomic mass is 10.1. The first-order chi connectivity index (χ1) is 13.6. The number of benzene rings is 1. The zero-order valence-corrected chi connectivity index (χ0v) is 16.1. The first kappa shape index (κ1) is 19.9. The van der Waals surface area contributed by atoms with E-state index in [1.807, 2.05) is 0 Å². The van der Waals surface area contributed by atoms with Crippen LogP contribution in [0.5, 0.6) is 11.6 Å². The van der Waals surface area contributed by atoms with Crippen LogP contribution in [0, 0.1) is 0 Å². The summed E-state index contributed by atoms with van der Waals surface area (Å²) in [4.78, 5) is 33.3. The molecule has 1 fully saturated rings. The van der Waals surface area contributed by atoms with Gasteiger partial charge in [-0.2, -0.15) is 0 Å². The highest BCUT2D eigenvalue weighted by molar-refractivity contribution is 5.82. The summed E-state index contributed by atoms with van der Waals surface area (Å²) in [5.74, 6) is 0.0877. The molecule has 1 aliphatic rings. The van der Waals surface area contributed by atoms with E-state index in [9.17, 15) is 14.7 Å². The number of hydrogen-bond donors (Lipinski definition) is 2. The van der Waals surface area contributed by atoms with Crippen LogP contribution < -0.4 is 16.0 Å². The van der Waals surface area contributed by atoms with Crippen molar-refractivity contribution >= 4 is 6.21 Å². The summed E-state index contributed by atoms with van der Waals surface area (Å²) in [6, 6.07) is 6.65. The molecule has 0 spiro atoms. The number of methoxy groups -OCH3 is 1. The van der Waals surface area contributed by atoms with Crippen LogP contribution in [0.25, 0.3) is 5.69 Å². The number of aliphatic imine (C=N–C) groups is 1. The number of nitrogens with zero attached hydrogens (tertiary/aromatic N) is 3. The van der Waals surface area contributed by atoms with E-state index in [1.54, 1.807) is 24.3 Å². The Morgan fingerprint density at radius 2 is 2.04 bits per heavy atom. The molecule has 28 heavy (non-hydrogen) atoms. The molecule has 1 aliphatic heterocycles. The summed E-state index contributed by atoms with van der Waals surface area (Å²) >= 11 is 0. The molecule has 0 bridgehead atoms. The summed E-state index contributed by atoms with van der Waals surface area (Å²) in [6.07, 6.45) is 6.02. The van der Waals surface area contributed by atoms with E-state index in [0.717, 1.165) is 30.6 Å². The fourth-order valence-corrected chi connectivity index (χ4v) is 3.37. The lowest BCUT2D eigenvalue weighted by Gasteiger charge is -2.25. The van der Waals surface area contributed by atoms with Gasteiger partial charge in [-0.15, -0.1) is 0 Å². The van der Waals surface area contributed by atoms with Crippen molar-refractivity contribution in [2.24, 2.45) is 4.99 Å². The number of ether oxygens (including phenoxy) is 1. The van der Waals surface area contributed by atoms with Gasteiger partial charge >= 0.3 is 5.69 Å². The third-order valence-electron chi connectivity index (χ3n) is 4.86. The maximum absolute atomic E-state index is 12.2. The third kappa shape index (κ3) is 4.69. The average molecular weight is 386 g/mol. The molecule has 0 aliphatic carbocycles. The van der Waals surface area contributed by atoms with Crippen molar-refractivity contribution in [1.82, 2.24) is 14.5 Å². The molecule has 1 saturated heterocycles. The molecule has 0 radical (unpaired) electrons. The second-order valence-electron chi connectivity index (χ2n) is 6.82. The molecule has 0 unspecified atom stereocenters. The second-order valence-corrected chi connectivity index (χ2v) is 6.82. The number of likely N-dealkylation sites (tertiary alicyclic amines) is 1. The summed E-state index contributed by atoms with van der Waals surface area (Å²) < 4.78 is 6.18. The lowest BCUT2D eigenvalue weighted by Crippen LogP contribution is -2.31. The topological polar surface area (TPSA) is 99.9 Å². The Morgan fingerprint density at radius 1 is 1.25 bits per heavy atom. The molecular weight excluding hydrogens is 360 g/mol. The van der Waals surface area contributed by atoms with Gasteiger partial charge in [-0.3, -0.25) is 14.8 Å². The first-order valence-corrected chi connectivity index (χ1v) is 9.55. The van der Waals surface area contributed by atoms with E-state index in [2.05, 4.69) is 14.9 Å². The Balaban J connectivity index is 1.75. The summed E-state index contributed by atoms with van der Waals surface area (Å²) in [7, 11) is 1.51. The van der Waals surface area contributed by atoms with Gasteiger partial charge in [0.1, 0.15) is 11.3 Å². The Bertz CT molecular complexity index is 942. The van der Waals surface area contributed by atoms with Gasteiger partial charge in [0, 0.05) is 18.8 Å². The van der Waals surface area contributed by atoms with Gasteiger partial charge < -0.3 is 14.7 Å². The summed E-state index contributed by atoms with van der Waals surface area (Å²) in [6.45, 7) is 3.79. The number of aromatic hydroxyl groups is 1. The number of piperidine rings is 1. The SMILES string of the molecule is COc1cccc(-n2c(O)c(C=NCCCN3CCCCC3)c(=O)[nH]c2=O)c1. The largest absolute Gasteiger partial charge is 0.497 e. The van der Waals surface area contributed by atoms with Crippen molar-refractivity contribution in [2.75, 3.05) is 33.3 Å². The van der Waals surface area contributed by atoms with E-state index in [-0.39, 0.29) is 5.56 Å². The molecule has 8 heteroatoms. The monoisotopic (exact) mass is 386 g/mol. The Hall–Kier alpha value is -2.87. The van der Waals surface area contributed by atoms with Gasteiger partial charge in [-0.1, -0.05) is 12.5 Å². The average Bonchev–Trinajstić information content (AvgIpc) is 2.70. The minimum Gasteiger partial charge on any atom is -0.497 e. The smallest absolute Gasteiger partial charge is 0.335 e. The van der Waals surface area contributed by atoms with Crippen LogP contribution in [0.4, 0.5) is 0 Å². The number of aromatic nitrogens is 2. The van der Waals surface area contributed by atoms with Gasteiger partial charge in [-0.25, -0.2) is 9.36 Å². The highest BCUT2D eigenvalue weighted by atomic mass is 16.5. The molecule has 3 rings (SSSR count). The van der Waals surface area contributed by atoms with Crippen LogP contribution in [0.1, 0.15) is 31.2 Å². The Morgan fingerprint density at radius 3 is 2.79 bits per heavy atom. The van der Waals surface area contributed by atoms with Gasteiger partial charge in [0.05, 0.1) is 12.8 Å². The van der Waals surface area contributed by atoms with E-state index >= 15 is 0 Å². The van der Waals surface area contributed by atoms with Crippen LogP contribution >= 0.6 is 0 Å². The molecule has 8 nitrogen and oxygen atoms in total. The van der Waals surface area contributed by atoms with Crippen LogP contribution in [0.15, 0.2) is 38.8 Å². The van der Waals surface area contributed by atoms with Gasteiger partial charge in [-0.05, 0) is 51.0 Å². The van der Waals surface area contributed by atoms with E-state index in [4.69, 9.17) is 4.74 Å². The normalized spacial score (nSPS) is 15.2. The summed E-state index contributed by atoms with van der Waals surface area (Å²) in [5, 5.41) is 10.5. The van der Waals surface area contributed by atoms with Crippen LogP contribution in [-0.4, -0.2) is 59.1 Å². The van der Waals surface area contributed by atoms with Crippen molar-refractivity contribution in [1.29, 1.82) is 0 Å². The van der Waals surface area contributed by atoms with E-state index in [1.165, 1.54) is 32.6 Å². The van der Waals surface area contributed by atoms with Crippen LogP contribution in [0.3, 0.4) is 0 Å². The van der Waals surface area contributed by atoms with E-state index < -0.39 is 17.1 Å². The number of H-pyrrole nitrogens is 1. The molecule has 150 valence electrons. The quantitative estimate of drug-likeness (QED) is 0.555. The fraction of sp³-hybridized carbons (Fsp3) is 0.450. The van der Waals surface area contributed by atoms with Crippen molar-refractivity contribution < 1.29 is 9.84 Å². The van der Waals surface area contributed by atoms with Crippen molar-refractivity contribution in [3.05, 3.63) is 50.7 Å². The van der Waals surface area contributed by atoms with Gasteiger partial charge in [0.15, 0.2) is 0 Å². The molecule has 1 aromatic carbocycles. The molecule has 0 saturated carbocycles. The van der Waals surface area contributed by atoms with Crippen molar-refractivity contribution in [2.45, 2.75) is 25.7 Å². The number of hydrogen-bond acceptors (Lipinski definition) is 6. The molecule has 0 atom stereocenters. The van der Waals surface area contributed by atoms with Crippen LogP contribution in [0.2, 0.25) is 0 Å². The number of rotatable bonds is 7. The molecular formula is C20H26N4O4. The Labute approximate surface area is 163 Å². The molecule has 0 amide bonds. The molecule has 1 aromatic heterocycles. The lowest BCUT2D eigenvalue weighted by molar-refractivity contribution is 0.228. The maximum Gasteiger partial charge on any atom is 0.335 e. The van der Waals surface area contributed by atoms with Gasteiger partial charge in [0.2, 0.25) is 5.88 Å². The zero-order valence-electron chi connectivity index (χ0n) is 16.1. The number of nitrogens with one attached hydrogen (secondary N) is 1. The minimum absolute atomic E-state index is 0.0413. The van der Waals surface area contributed by atoms with Crippen molar-refractivity contribution in [3.63, 3.8) is 0 Å². The fourth-order valence-electron chi connectivity index (χ4n) is 3.37. The molecule has 2 N–H and O–H groups in total. The third-order valence-corrected chi connectivity index (χ3v) is 4.86. The zero-order chi connectivity index (χ0) is 19.9. The standard InChI is InChI=1S/C20H26N4O4/c1-28-16-8-5-7-15(13-16)24-19(26)17(18(25)22-20(24)27)14-21-9-6-12-23-10-3-2-4-11-23/h5,7-8,13-14,26H,2-4,6,9-12H2,1H3,(H,22,25,27).